The van der Waals surface area contributed by atoms with E-state index in [2.05, 4.69) is 0 Å². The van der Waals surface area contributed by atoms with Crippen LogP contribution in [0.5, 0.6) is 0 Å². The van der Waals surface area contributed by atoms with Crippen LogP contribution in [-0.2, 0) is 119 Å². The number of rotatable bonds is 18. The van der Waals surface area contributed by atoms with Gasteiger partial charge >= 0.3 is 59.7 Å². The average Bonchev–Trinajstić information content (AvgIpc) is 3.44. The van der Waals surface area contributed by atoms with Crippen LogP contribution in [0.25, 0.3) is 0 Å². The van der Waals surface area contributed by atoms with Gasteiger partial charge in [-0.3, -0.25) is 47.9 Å². The van der Waals surface area contributed by atoms with Crippen molar-refractivity contribution in [3.8, 4) is 0 Å². The summed E-state index contributed by atoms with van der Waals surface area (Å²) >= 11 is 0. The maximum Gasteiger partial charge on any atom is 0.303 e. The first-order valence-corrected chi connectivity index (χ1v) is 19.4. The Kier molecular flexibility index (Phi) is 19.8. The van der Waals surface area contributed by atoms with Crippen LogP contribution in [0.15, 0.2) is 0 Å². The average molecular weight is 925 g/mol. The molecular formula is C38H52O26. The van der Waals surface area contributed by atoms with E-state index in [-0.39, 0.29) is 0 Å². The lowest BCUT2D eigenvalue weighted by molar-refractivity contribution is -0.362. The third kappa shape index (κ3) is 15.6. The Morgan fingerprint density at radius 1 is 0.422 bits per heavy atom. The third-order valence-electron chi connectivity index (χ3n) is 8.82. The van der Waals surface area contributed by atoms with Crippen LogP contribution in [0.1, 0.15) is 69.2 Å². The molecule has 0 amide bonds. The van der Waals surface area contributed by atoms with Crippen LogP contribution in [0.3, 0.4) is 0 Å². The second kappa shape index (κ2) is 23.9. The first-order valence-electron chi connectivity index (χ1n) is 19.4. The van der Waals surface area contributed by atoms with Crippen molar-refractivity contribution in [2.75, 3.05) is 19.8 Å². The Bertz CT molecular complexity index is 1730. The molecule has 0 aromatic rings. The lowest BCUT2D eigenvalue weighted by Gasteiger charge is -2.48. The topological polar surface area (TPSA) is 329 Å². The lowest BCUT2D eigenvalue weighted by atomic mass is 9.96. The van der Waals surface area contributed by atoms with Gasteiger partial charge < -0.3 is 76.2 Å². The van der Waals surface area contributed by atoms with Crippen LogP contribution in [0, 0.1) is 0 Å². The summed E-state index contributed by atoms with van der Waals surface area (Å²) in [5.74, 6) is -9.42. The Labute approximate surface area is 364 Å². The van der Waals surface area contributed by atoms with E-state index < -0.39 is 172 Å². The fraction of sp³-hybridized carbons (Fsp3) is 0.737. The Morgan fingerprint density at radius 3 is 1.25 bits per heavy atom. The summed E-state index contributed by atoms with van der Waals surface area (Å²) in [5, 5.41) is 10.6. The number of aliphatic hydroxyl groups excluding tert-OH is 1. The van der Waals surface area contributed by atoms with Crippen LogP contribution < -0.4 is 0 Å². The summed E-state index contributed by atoms with van der Waals surface area (Å²) in [6, 6.07) is 0. The van der Waals surface area contributed by atoms with E-state index in [9.17, 15) is 53.1 Å². The predicted octanol–water partition coefficient (Wildman–Crippen LogP) is -1.86. The highest BCUT2D eigenvalue weighted by Crippen LogP contribution is 2.36. The molecule has 1 N–H and O–H groups in total. The summed E-state index contributed by atoms with van der Waals surface area (Å²) in [5.41, 5.74) is 0. The van der Waals surface area contributed by atoms with Gasteiger partial charge in [-0.15, -0.1) is 0 Å². The zero-order valence-electron chi connectivity index (χ0n) is 36.4. The number of carbonyl (C=O) groups excluding carboxylic acids is 10. The number of ether oxygens (including phenoxy) is 15. The van der Waals surface area contributed by atoms with Crippen molar-refractivity contribution in [3.05, 3.63) is 0 Å². The molecule has 3 aliphatic rings. The molecular weight excluding hydrogens is 872 g/mol. The highest BCUT2D eigenvalue weighted by atomic mass is 16.8. The largest absolute Gasteiger partial charge is 0.463 e. The van der Waals surface area contributed by atoms with Crippen molar-refractivity contribution in [3.63, 3.8) is 0 Å². The van der Waals surface area contributed by atoms with Crippen molar-refractivity contribution in [1.82, 2.24) is 0 Å². The number of aliphatic hydroxyl groups is 1. The molecule has 26 nitrogen and oxygen atoms in total. The molecule has 15 atom stereocenters. The van der Waals surface area contributed by atoms with Crippen molar-refractivity contribution in [2.24, 2.45) is 0 Å². The first-order chi connectivity index (χ1) is 29.9. The Morgan fingerprint density at radius 2 is 0.797 bits per heavy atom. The van der Waals surface area contributed by atoms with E-state index in [1.54, 1.807) is 0 Å². The molecule has 26 heteroatoms. The van der Waals surface area contributed by atoms with E-state index in [0.717, 1.165) is 69.2 Å². The minimum atomic E-state index is -1.95. The molecule has 3 saturated heterocycles. The number of esters is 10. The molecule has 0 aromatic heterocycles. The van der Waals surface area contributed by atoms with Gasteiger partial charge in [-0.1, -0.05) is 0 Å². The van der Waals surface area contributed by atoms with Crippen LogP contribution in [0.2, 0.25) is 0 Å². The van der Waals surface area contributed by atoms with Crippen LogP contribution >= 0.6 is 0 Å². The highest BCUT2D eigenvalue weighted by Gasteiger charge is 2.58. The van der Waals surface area contributed by atoms with Gasteiger partial charge in [-0.05, 0) is 0 Å². The molecule has 0 radical (unpaired) electrons. The molecule has 0 spiro atoms. The molecule has 0 saturated carbocycles. The molecule has 360 valence electrons. The fourth-order valence-electron chi connectivity index (χ4n) is 6.81. The summed E-state index contributed by atoms with van der Waals surface area (Å²) in [6.45, 7) is 7.70. The maximum absolute atomic E-state index is 12.8. The van der Waals surface area contributed by atoms with Crippen molar-refractivity contribution in [2.45, 2.75) is 161 Å². The zero-order chi connectivity index (χ0) is 48.2. The molecule has 0 bridgehead atoms. The standard InChI is InChI=1S/C38H52O26/c1-14(39)50-11-25-27(54-17(4)42)31(56-19(6)44)35(60-23(10)48)38(62-25)64-29-26(12-51-15(2)40)61-37(34(59-22(9)47)32(29)57-20(7)45)52-13-24(53-16(3)41)28-30(55-18(5)43)33(36(49)63-28)58-21(8)46/h24-38,49H,11-13H2,1-10H3/t24?,25?,26?,27-,28-,29+,30?,31?,32?,33?,34?,35?,36+,37+,38-/m0/s1. The van der Waals surface area contributed by atoms with Crippen LogP contribution in [-0.4, -0.2) is 177 Å². The second-order valence-corrected chi connectivity index (χ2v) is 14.3. The van der Waals surface area contributed by atoms with E-state index in [0.29, 0.717) is 0 Å². The van der Waals surface area contributed by atoms with Gasteiger partial charge in [0.25, 0.3) is 0 Å². The number of carbonyl (C=O) groups is 10. The molecule has 3 rings (SSSR count). The van der Waals surface area contributed by atoms with Gasteiger partial charge in [0.1, 0.15) is 37.6 Å². The van der Waals surface area contributed by atoms with Crippen molar-refractivity contribution < 1.29 is 124 Å². The van der Waals surface area contributed by atoms with Crippen LogP contribution in [0.4, 0.5) is 0 Å². The highest BCUT2D eigenvalue weighted by molar-refractivity contribution is 5.70. The molecule has 3 heterocycles. The summed E-state index contributed by atoms with van der Waals surface area (Å²) in [7, 11) is 0. The van der Waals surface area contributed by atoms with Gasteiger partial charge in [0.2, 0.25) is 0 Å². The number of hydrogen-bond donors (Lipinski definition) is 1. The zero-order valence-corrected chi connectivity index (χ0v) is 36.4. The van der Waals surface area contributed by atoms with E-state index in [4.69, 9.17) is 71.1 Å². The number of hydrogen-bond acceptors (Lipinski definition) is 26. The fourth-order valence-corrected chi connectivity index (χ4v) is 6.81. The Balaban J connectivity index is 2.17. The SMILES string of the molecule is CC(=O)OCC1O[C@@H](OCC(OC(C)=O)[C@@H]2O[C@@H](O)C(OC(C)=O)C2OC(C)=O)C(OC(C)=O)C(OC(C)=O)[C@@H]1O[C@@H]1OC(COC(C)=O)[C@H](OC(C)=O)C(OC(C)=O)C1OC(C)=O. The molecule has 3 fully saturated rings. The molecule has 0 aromatic carbocycles. The van der Waals surface area contributed by atoms with Crippen molar-refractivity contribution >= 4 is 59.7 Å². The Hall–Kier alpha value is -5.54. The first kappa shape index (κ1) is 52.8. The maximum atomic E-state index is 12.8. The van der Waals surface area contributed by atoms with E-state index in [1.807, 2.05) is 0 Å². The predicted molar refractivity (Wildman–Crippen MR) is 197 cm³/mol. The van der Waals surface area contributed by atoms with Gasteiger partial charge in [0.15, 0.2) is 67.7 Å². The van der Waals surface area contributed by atoms with E-state index in [1.165, 1.54) is 0 Å². The monoisotopic (exact) mass is 924 g/mol. The summed E-state index contributed by atoms with van der Waals surface area (Å²) in [4.78, 5) is 123. The molecule has 64 heavy (non-hydrogen) atoms. The third-order valence-corrected chi connectivity index (χ3v) is 8.82. The quantitative estimate of drug-likeness (QED) is 0.116. The second-order valence-electron chi connectivity index (χ2n) is 14.3. The minimum absolute atomic E-state index is 0.666. The van der Waals surface area contributed by atoms with Gasteiger partial charge in [-0.25, -0.2) is 0 Å². The lowest BCUT2D eigenvalue weighted by Crippen LogP contribution is -2.67. The van der Waals surface area contributed by atoms with Crippen molar-refractivity contribution in [1.29, 1.82) is 0 Å². The smallest absolute Gasteiger partial charge is 0.303 e. The molecule has 0 aliphatic carbocycles. The molecule has 9 unspecified atom stereocenters. The van der Waals surface area contributed by atoms with Gasteiger partial charge in [0.05, 0.1) is 6.61 Å². The summed E-state index contributed by atoms with van der Waals surface area (Å²) < 4.78 is 83.7. The van der Waals surface area contributed by atoms with Gasteiger partial charge in [-0.2, -0.15) is 0 Å². The van der Waals surface area contributed by atoms with E-state index >= 15 is 0 Å². The normalized spacial score (nSPS) is 31.4. The van der Waals surface area contributed by atoms with Gasteiger partial charge in [0, 0.05) is 69.2 Å². The molecule has 3 aliphatic heterocycles. The summed E-state index contributed by atoms with van der Waals surface area (Å²) in [6.07, 6.45) is -26.1. The minimum Gasteiger partial charge on any atom is -0.463 e.